The van der Waals surface area contributed by atoms with Gasteiger partial charge in [0.2, 0.25) is 5.91 Å². The molecule has 1 aliphatic heterocycles. The second-order valence-corrected chi connectivity index (χ2v) is 8.18. The molecule has 174 valence electrons. The Hall–Kier alpha value is -4.41. The maximum atomic E-state index is 12.4. The maximum Gasteiger partial charge on any atom is 0.262 e. The molecule has 3 amide bonds. The number of nitrogens with zero attached hydrogens (tertiary/aromatic N) is 4. The SMILES string of the molecule is [B]c1cnn2c(NCCNC(=O)CN3C(=O)c4ccccc4C3=O)cc(C3=C(O)CCC=C3)nc12. The van der Waals surface area contributed by atoms with Crippen molar-refractivity contribution in [1.29, 1.82) is 0 Å². The predicted molar refractivity (Wildman–Crippen MR) is 130 cm³/mol. The average molecular weight is 468 g/mol. The van der Waals surface area contributed by atoms with E-state index in [1.807, 2.05) is 12.2 Å². The molecule has 0 unspecified atom stereocenters. The lowest BCUT2D eigenvalue weighted by Gasteiger charge is -2.15. The largest absolute Gasteiger partial charge is 0.512 e. The Morgan fingerprint density at radius 2 is 1.89 bits per heavy atom. The summed E-state index contributed by atoms with van der Waals surface area (Å²) in [5, 5.41) is 20.4. The fourth-order valence-corrected chi connectivity index (χ4v) is 4.10. The Morgan fingerprint density at radius 3 is 2.60 bits per heavy atom. The fourth-order valence-electron chi connectivity index (χ4n) is 4.10. The highest BCUT2D eigenvalue weighted by atomic mass is 16.3. The molecule has 3 aromatic rings. The quantitative estimate of drug-likeness (QED) is 0.268. The van der Waals surface area contributed by atoms with E-state index in [-0.39, 0.29) is 18.8 Å². The van der Waals surface area contributed by atoms with Crippen LogP contribution in [0.1, 0.15) is 39.3 Å². The Labute approximate surface area is 201 Å². The highest BCUT2D eigenvalue weighted by Gasteiger charge is 2.36. The lowest BCUT2D eigenvalue weighted by atomic mass is 9.99. The molecule has 0 bridgehead atoms. The van der Waals surface area contributed by atoms with E-state index < -0.39 is 17.7 Å². The van der Waals surface area contributed by atoms with E-state index in [2.05, 4.69) is 20.7 Å². The van der Waals surface area contributed by atoms with Crippen LogP contribution in [-0.4, -0.2) is 69.8 Å². The van der Waals surface area contributed by atoms with Gasteiger partial charge in [0.1, 0.15) is 26.0 Å². The van der Waals surface area contributed by atoms with Gasteiger partial charge in [0.15, 0.2) is 5.65 Å². The lowest BCUT2D eigenvalue weighted by molar-refractivity contribution is -0.121. The van der Waals surface area contributed by atoms with Gasteiger partial charge in [-0.05, 0) is 24.0 Å². The van der Waals surface area contributed by atoms with Crippen molar-refractivity contribution in [3.05, 3.63) is 71.3 Å². The van der Waals surface area contributed by atoms with Crippen LogP contribution < -0.4 is 16.1 Å². The lowest BCUT2D eigenvalue weighted by Crippen LogP contribution is -2.41. The van der Waals surface area contributed by atoms with Crippen LogP contribution in [0.4, 0.5) is 5.82 Å². The molecule has 35 heavy (non-hydrogen) atoms. The van der Waals surface area contributed by atoms with Crippen molar-refractivity contribution >= 4 is 48.1 Å². The summed E-state index contributed by atoms with van der Waals surface area (Å²) in [6.07, 6.45) is 6.59. The highest BCUT2D eigenvalue weighted by Crippen LogP contribution is 2.27. The number of aliphatic hydroxyl groups is 1. The van der Waals surface area contributed by atoms with Gasteiger partial charge in [0.25, 0.3) is 11.8 Å². The van der Waals surface area contributed by atoms with Gasteiger partial charge < -0.3 is 15.7 Å². The number of aliphatic hydroxyl groups excluding tert-OH is 1. The van der Waals surface area contributed by atoms with Crippen LogP contribution in [0, 0.1) is 0 Å². The average Bonchev–Trinajstić information content (AvgIpc) is 3.35. The van der Waals surface area contributed by atoms with Crippen LogP contribution in [0.2, 0.25) is 0 Å². The van der Waals surface area contributed by atoms with E-state index in [1.54, 1.807) is 34.8 Å². The summed E-state index contributed by atoms with van der Waals surface area (Å²) in [6, 6.07) is 8.25. The molecule has 2 aromatic heterocycles. The van der Waals surface area contributed by atoms with Crippen LogP contribution in [-0.2, 0) is 4.79 Å². The molecule has 5 rings (SSSR count). The van der Waals surface area contributed by atoms with Crippen molar-refractivity contribution in [1.82, 2.24) is 24.8 Å². The van der Waals surface area contributed by atoms with Crippen LogP contribution >= 0.6 is 0 Å². The molecule has 0 spiro atoms. The number of fused-ring (bicyclic) bond motifs is 2. The van der Waals surface area contributed by atoms with Crippen LogP contribution in [0.5, 0.6) is 0 Å². The standard InChI is InChI=1S/C24H21BN6O4/c25-17-12-28-31-20(11-18(29-22(17)31)16-7-3-4-8-19(16)32)26-9-10-27-21(33)13-30-23(34)14-5-1-2-6-15(14)24(30)35/h1-3,5-7,11-12,26,32H,4,8-10,13H2,(H,27,33). The molecule has 3 heterocycles. The van der Waals surface area contributed by atoms with Crippen molar-refractivity contribution in [3.63, 3.8) is 0 Å². The molecule has 0 atom stereocenters. The third kappa shape index (κ3) is 4.16. The normalized spacial score (nSPS) is 15.1. The van der Waals surface area contributed by atoms with Gasteiger partial charge in [-0.2, -0.15) is 9.61 Å². The number of rotatable bonds is 7. The summed E-state index contributed by atoms with van der Waals surface area (Å²) in [7, 11) is 6.02. The Balaban J connectivity index is 1.23. The summed E-state index contributed by atoms with van der Waals surface area (Å²) >= 11 is 0. The van der Waals surface area contributed by atoms with Crippen molar-refractivity contribution < 1.29 is 19.5 Å². The number of amides is 3. The summed E-state index contributed by atoms with van der Waals surface area (Å²) in [4.78, 5) is 42.7. The number of carbonyl (C=O) groups excluding carboxylic acids is 3. The minimum Gasteiger partial charge on any atom is -0.512 e. The minimum absolute atomic E-state index is 0.228. The van der Waals surface area contributed by atoms with Gasteiger partial charge in [-0.25, -0.2) is 4.98 Å². The Bertz CT molecular complexity index is 1390. The van der Waals surface area contributed by atoms with Crippen molar-refractivity contribution in [2.45, 2.75) is 12.8 Å². The molecule has 0 fully saturated rings. The number of allylic oxidation sites excluding steroid dienone is 4. The van der Waals surface area contributed by atoms with E-state index in [0.29, 0.717) is 52.3 Å². The van der Waals surface area contributed by atoms with E-state index in [4.69, 9.17) is 7.85 Å². The zero-order chi connectivity index (χ0) is 24.5. The molecule has 10 nitrogen and oxygen atoms in total. The third-order valence-corrected chi connectivity index (χ3v) is 5.85. The molecule has 2 radical (unpaired) electrons. The van der Waals surface area contributed by atoms with Gasteiger partial charge in [0, 0.05) is 37.3 Å². The van der Waals surface area contributed by atoms with Gasteiger partial charge in [0.05, 0.1) is 16.8 Å². The summed E-state index contributed by atoms with van der Waals surface area (Å²) in [5.74, 6) is -0.565. The van der Waals surface area contributed by atoms with Crippen LogP contribution in [0.3, 0.4) is 0 Å². The first-order chi connectivity index (χ1) is 16.9. The minimum atomic E-state index is -0.476. The van der Waals surface area contributed by atoms with Crippen molar-refractivity contribution in [3.8, 4) is 0 Å². The van der Waals surface area contributed by atoms with Gasteiger partial charge in [-0.1, -0.05) is 24.3 Å². The highest BCUT2D eigenvalue weighted by molar-refractivity contribution is 6.36. The van der Waals surface area contributed by atoms with E-state index in [1.165, 1.54) is 6.20 Å². The van der Waals surface area contributed by atoms with Gasteiger partial charge in [-0.3, -0.25) is 19.3 Å². The first-order valence-electron chi connectivity index (χ1n) is 11.1. The van der Waals surface area contributed by atoms with Gasteiger partial charge in [-0.15, -0.1) is 0 Å². The van der Waals surface area contributed by atoms with Crippen LogP contribution in [0.15, 0.2) is 54.4 Å². The number of hydrogen-bond donors (Lipinski definition) is 3. The zero-order valence-electron chi connectivity index (χ0n) is 18.7. The monoisotopic (exact) mass is 468 g/mol. The molecule has 1 aromatic carbocycles. The number of hydrogen-bond acceptors (Lipinski definition) is 7. The van der Waals surface area contributed by atoms with E-state index in [0.717, 1.165) is 11.3 Å². The second kappa shape index (κ2) is 9.09. The number of imide groups is 1. The molecule has 0 saturated carbocycles. The Kier molecular flexibility index (Phi) is 5.82. The zero-order valence-corrected chi connectivity index (χ0v) is 18.7. The summed E-state index contributed by atoms with van der Waals surface area (Å²) in [5.41, 5.74) is 2.61. The van der Waals surface area contributed by atoms with Crippen molar-refractivity contribution in [2.24, 2.45) is 0 Å². The summed E-state index contributed by atoms with van der Waals surface area (Å²) < 4.78 is 1.55. The van der Waals surface area contributed by atoms with E-state index >= 15 is 0 Å². The van der Waals surface area contributed by atoms with Crippen LogP contribution in [0.25, 0.3) is 11.2 Å². The molecule has 0 saturated heterocycles. The summed E-state index contributed by atoms with van der Waals surface area (Å²) in [6.45, 7) is 0.199. The van der Waals surface area contributed by atoms with E-state index in [9.17, 15) is 19.5 Å². The molecule has 3 N–H and O–H groups in total. The molecule has 2 aliphatic rings. The fraction of sp³-hybridized carbons (Fsp3) is 0.208. The topological polar surface area (TPSA) is 129 Å². The smallest absolute Gasteiger partial charge is 0.262 e. The molecular formula is C24H21BN6O4. The number of nitrogens with one attached hydrogen (secondary N) is 2. The number of benzene rings is 1. The van der Waals surface area contributed by atoms with Gasteiger partial charge >= 0.3 is 0 Å². The third-order valence-electron chi connectivity index (χ3n) is 5.85. The van der Waals surface area contributed by atoms with Crippen molar-refractivity contribution in [2.75, 3.05) is 25.0 Å². The first kappa shape index (κ1) is 22.4. The molecule has 11 heteroatoms. The molecular weight excluding hydrogens is 447 g/mol. The predicted octanol–water partition coefficient (Wildman–Crippen LogP) is 0.967. The molecule has 1 aliphatic carbocycles. The number of carbonyl (C=O) groups is 3. The maximum absolute atomic E-state index is 12.4. The first-order valence-corrected chi connectivity index (χ1v) is 11.1. The number of aromatic nitrogens is 3. The number of anilines is 1. The second-order valence-electron chi connectivity index (χ2n) is 8.18. The Morgan fingerprint density at radius 1 is 1.14 bits per heavy atom.